The number of methoxy groups -OCH3 is 1. The maximum Gasteiger partial charge on any atom is 0.155 e. The third kappa shape index (κ3) is 2.97. The van der Waals surface area contributed by atoms with Crippen LogP contribution in [0.2, 0.25) is 0 Å². The van der Waals surface area contributed by atoms with E-state index in [2.05, 4.69) is 47.2 Å². The SMILES string of the molecule is COc1cncc(-c2cnc3[nH]nc(-c4cc5c(-c6ccccn6)nccc5[nH]4)c3c2)c1. The van der Waals surface area contributed by atoms with E-state index in [-0.39, 0.29) is 0 Å². The summed E-state index contributed by atoms with van der Waals surface area (Å²) in [4.78, 5) is 21.3. The van der Waals surface area contributed by atoms with Gasteiger partial charge in [0.25, 0.3) is 0 Å². The van der Waals surface area contributed by atoms with Gasteiger partial charge in [0.1, 0.15) is 11.4 Å². The van der Waals surface area contributed by atoms with Gasteiger partial charge in [0.15, 0.2) is 5.65 Å². The van der Waals surface area contributed by atoms with Crippen molar-refractivity contribution in [1.82, 2.24) is 35.1 Å². The van der Waals surface area contributed by atoms with Crippen LogP contribution in [0.3, 0.4) is 0 Å². The molecule has 6 rings (SSSR count). The summed E-state index contributed by atoms with van der Waals surface area (Å²) in [5, 5.41) is 9.46. The molecule has 32 heavy (non-hydrogen) atoms. The Hall–Kier alpha value is -4.59. The van der Waals surface area contributed by atoms with Gasteiger partial charge in [-0.1, -0.05) is 6.07 Å². The summed E-state index contributed by atoms with van der Waals surface area (Å²) >= 11 is 0. The van der Waals surface area contributed by atoms with Gasteiger partial charge in [-0.2, -0.15) is 5.10 Å². The Morgan fingerprint density at radius 1 is 0.812 bits per heavy atom. The summed E-state index contributed by atoms with van der Waals surface area (Å²) in [6.45, 7) is 0. The van der Waals surface area contributed by atoms with Crippen molar-refractivity contribution in [3.8, 4) is 39.7 Å². The minimum Gasteiger partial charge on any atom is -0.495 e. The van der Waals surface area contributed by atoms with E-state index in [1.54, 1.807) is 38.1 Å². The number of aromatic amines is 2. The van der Waals surface area contributed by atoms with Gasteiger partial charge in [-0.25, -0.2) is 4.98 Å². The molecule has 0 unspecified atom stereocenters. The lowest BCUT2D eigenvalue weighted by molar-refractivity contribution is 0.413. The van der Waals surface area contributed by atoms with Gasteiger partial charge in [0.05, 0.1) is 30.4 Å². The fraction of sp³-hybridized carbons (Fsp3) is 0.0417. The van der Waals surface area contributed by atoms with Crippen molar-refractivity contribution in [3.05, 3.63) is 73.4 Å². The Balaban J connectivity index is 1.50. The molecule has 0 radical (unpaired) electrons. The fourth-order valence-corrected chi connectivity index (χ4v) is 3.84. The first-order valence-corrected chi connectivity index (χ1v) is 10.0. The molecule has 0 aliphatic heterocycles. The van der Waals surface area contributed by atoms with Gasteiger partial charge in [-0.3, -0.25) is 20.1 Å². The molecule has 0 aliphatic rings. The first-order chi connectivity index (χ1) is 15.8. The third-order valence-electron chi connectivity index (χ3n) is 5.41. The number of aromatic nitrogens is 7. The highest BCUT2D eigenvalue weighted by atomic mass is 16.5. The average Bonchev–Trinajstić information content (AvgIpc) is 3.48. The molecule has 8 heteroatoms. The van der Waals surface area contributed by atoms with Crippen LogP contribution >= 0.6 is 0 Å². The topological polar surface area (TPSA) is 105 Å². The first-order valence-electron chi connectivity index (χ1n) is 10.0. The summed E-state index contributed by atoms with van der Waals surface area (Å²) in [6, 6.07) is 13.8. The summed E-state index contributed by atoms with van der Waals surface area (Å²) in [5.74, 6) is 0.695. The molecule has 0 atom stereocenters. The van der Waals surface area contributed by atoms with Gasteiger partial charge >= 0.3 is 0 Å². The predicted octanol–water partition coefficient (Wildman–Crippen LogP) is 4.63. The molecule has 6 heterocycles. The summed E-state index contributed by atoms with van der Waals surface area (Å²) in [6.07, 6.45) is 8.82. The van der Waals surface area contributed by atoms with E-state index in [0.29, 0.717) is 11.4 Å². The van der Waals surface area contributed by atoms with Crippen molar-refractivity contribution in [2.45, 2.75) is 0 Å². The second-order valence-corrected chi connectivity index (χ2v) is 7.32. The van der Waals surface area contributed by atoms with E-state index in [0.717, 1.165) is 50.2 Å². The van der Waals surface area contributed by atoms with Crippen LogP contribution < -0.4 is 4.74 Å². The van der Waals surface area contributed by atoms with Crippen molar-refractivity contribution >= 4 is 21.9 Å². The number of fused-ring (bicyclic) bond motifs is 2. The largest absolute Gasteiger partial charge is 0.495 e. The van der Waals surface area contributed by atoms with E-state index >= 15 is 0 Å². The zero-order valence-electron chi connectivity index (χ0n) is 17.1. The smallest absolute Gasteiger partial charge is 0.155 e. The number of nitrogens with one attached hydrogen (secondary N) is 2. The normalized spacial score (nSPS) is 11.3. The van der Waals surface area contributed by atoms with E-state index in [9.17, 15) is 0 Å². The number of ether oxygens (including phenoxy) is 1. The molecule has 0 aliphatic carbocycles. The van der Waals surface area contributed by atoms with Crippen molar-refractivity contribution in [2.75, 3.05) is 7.11 Å². The molecular formula is C24H17N7O. The molecule has 0 spiro atoms. The van der Waals surface area contributed by atoms with Crippen LogP contribution in [-0.2, 0) is 0 Å². The van der Waals surface area contributed by atoms with E-state index in [4.69, 9.17) is 4.74 Å². The van der Waals surface area contributed by atoms with Crippen molar-refractivity contribution in [3.63, 3.8) is 0 Å². The first kappa shape index (κ1) is 18.2. The Labute approximate surface area is 182 Å². The third-order valence-corrected chi connectivity index (χ3v) is 5.41. The van der Waals surface area contributed by atoms with Gasteiger partial charge in [-0.05, 0) is 36.4 Å². The van der Waals surface area contributed by atoms with Crippen molar-refractivity contribution in [2.24, 2.45) is 0 Å². The Bertz CT molecular complexity index is 1570. The van der Waals surface area contributed by atoms with Crippen LogP contribution in [-0.4, -0.2) is 42.2 Å². The average molecular weight is 419 g/mol. The summed E-state index contributed by atoms with van der Waals surface area (Å²) in [7, 11) is 1.63. The van der Waals surface area contributed by atoms with Crippen LogP contribution in [0.1, 0.15) is 0 Å². The van der Waals surface area contributed by atoms with E-state index < -0.39 is 0 Å². The molecule has 6 aromatic heterocycles. The second kappa shape index (κ2) is 7.28. The molecule has 0 saturated heterocycles. The molecule has 8 nitrogen and oxygen atoms in total. The van der Waals surface area contributed by atoms with Gasteiger partial charge < -0.3 is 9.72 Å². The second-order valence-electron chi connectivity index (χ2n) is 7.32. The van der Waals surface area contributed by atoms with Crippen LogP contribution in [0.4, 0.5) is 0 Å². The zero-order valence-corrected chi connectivity index (χ0v) is 17.1. The Morgan fingerprint density at radius 2 is 1.75 bits per heavy atom. The quantitative estimate of drug-likeness (QED) is 0.431. The van der Waals surface area contributed by atoms with Crippen molar-refractivity contribution < 1.29 is 4.74 Å². The molecule has 2 N–H and O–H groups in total. The van der Waals surface area contributed by atoms with E-state index in [1.165, 1.54) is 0 Å². The van der Waals surface area contributed by atoms with Crippen LogP contribution in [0, 0.1) is 0 Å². The highest BCUT2D eigenvalue weighted by molar-refractivity contribution is 5.99. The number of hydrogen-bond donors (Lipinski definition) is 2. The lowest BCUT2D eigenvalue weighted by atomic mass is 10.1. The zero-order chi connectivity index (χ0) is 21.5. The van der Waals surface area contributed by atoms with Gasteiger partial charge in [0.2, 0.25) is 0 Å². The number of rotatable bonds is 4. The highest BCUT2D eigenvalue weighted by Gasteiger charge is 2.16. The Kier molecular flexibility index (Phi) is 4.14. The number of pyridine rings is 4. The molecule has 154 valence electrons. The molecule has 0 aromatic carbocycles. The van der Waals surface area contributed by atoms with Crippen molar-refractivity contribution in [1.29, 1.82) is 0 Å². The maximum atomic E-state index is 5.31. The Morgan fingerprint density at radius 3 is 2.62 bits per heavy atom. The number of hydrogen-bond acceptors (Lipinski definition) is 6. The summed E-state index contributed by atoms with van der Waals surface area (Å²) < 4.78 is 5.31. The van der Waals surface area contributed by atoms with Crippen LogP contribution in [0.15, 0.2) is 73.4 Å². The lowest BCUT2D eigenvalue weighted by Gasteiger charge is -2.04. The highest BCUT2D eigenvalue weighted by Crippen LogP contribution is 2.33. The minimum absolute atomic E-state index is 0.695. The van der Waals surface area contributed by atoms with Gasteiger partial charge in [0, 0.05) is 52.2 Å². The predicted molar refractivity (Wildman–Crippen MR) is 122 cm³/mol. The van der Waals surface area contributed by atoms with Crippen LogP contribution in [0.25, 0.3) is 55.8 Å². The molecule has 0 amide bonds. The molecule has 6 aromatic rings. The summed E-state index contributed by atoms with van der Waals surface area (Å²) in [5.41, 5.74) is 6.83. The molecule has 0 saturated carbocycles. The molecule has 0 bridgehead atoms. The lowest BCUT2D eigenvalue weighted by Crippen LogP contribution is -1.87. The number of nitrogens with zero attached hydrogens (tertiary/aromatic N) is 5. The standard InChI is InChI=1S/C24H17N7O/c1-32-16-8-14(11-25-13-16)15-9-18-23(30-31-24(18)28-12-15)21-10-17-19(29-21)5-7-27-22(17)20-4-2-3-6-26-20/h2-13,29H,1H3,(H,28,30,31). The molecule has 0 fully saturated rings. The monoisotopic (exact) mass is 419 g/mol. The van der Waals surface area contributed by atoms with E-state index in [1.807, 2.05) is 30.3 Å². The van der Waals surface area contributed by atoms with Gasteiger partial charge in [-0.15, -0.1) is 0 Å². The molecular weight excluding hydrogens is 402 g/mol. The van der Waals surface area contributed by atoms with Crippen LogP contribution in [0.5, 0.6) is 5.75 Å². The minimum atomic E-state index is 0.695. The maximum absolute atomic E-state index is 5.31. The fourth-order valence-electron chi connectivity index (χ4n) is 3.84. The number of H-pyrrole nitrogens is 2.